The molecule has 6 heteroatoms. The number of fused-ring (bicyclic) bond motifs is 1. The Morgan fingerprint density at radius 1 is 1.10 bits per heavy atom. The molecule has 3 aromatic rings. The van der Waals surface area contributed by atoms with E-state index < -0.39 is 0 Å². The highest BCUT2D eigenvalue weighted by Crippen LogP contribution is 2.28. The zero-order chi connectivity index (χ0) is 20.4. The van der Waals surface area contributed by atoms with Crippen molar-refractivity contribution in [2.75, 3.05) is 6.61 Å². The normalized spacial score (nSPS) is 15.7. The topological polar surface area (TPSA) is 42.4 Å². The van der Waals surface area contributed by atoms with Crippen molar-refractivity contribution in [3.63, 3.8) is 0 Å². The van der Waals surface area contributed by atoms with Crippen molar-refractivity contribution in [1.29, 1.82) is 0 Å². The van der Waals surface area contributed by atoms with Crippen LogP contribution in [0.25, 0.3) is 0 Å². The van der Waals surface area contributed by atoms with Gasteiger partial charge in [0.2, 0.25) is 5.88 Å². The molecule has 4 nitrogen and oxygen atoms in total. The van der Waals surface area contributed by atoms with Gasteiger partial charge in [-0.25, -0.2) is 4.98 Å². The Morgan fingerprint density at radius 2 is 1.90 bits per heavy atom. The molecule has 2 aromatic carbocycles. The predicted octanol–water partition coefficient (Wildman–Crippen LogP) is 5.34. The van der Waals surface area contributed by atoms with Gasteiger partial charge in [-0.2, -0.15) is 0 Å². The molecule has 0 fully saturated rings. The van der Waals surface area contributed by atoms with Gasteiger partial charge in [0, 0.05) is 24.4 Å². The first-order valence-corrected chi connectivity index (χ1v) is 10.1. The van der Waals surface area contributed by atoms with Crippen LogP contribution in [0.3, 0.4) is 0 Å². The van der Waals surface area contributed by atoms with E-state index in [1.165, 1.54) is 5.56 Å². The Bertz CT molecular complexity index is 1040. The molecular weight excluding hydrogens is 407 g/mol. The summed E-state index contributed by atoms with van der Waals surface area (Å²) in [6, 6.07) is 16.8. The van der Waals surface area contributed by atoms with Crippen LogP contribution < -0.4 is 4.74 Å². The average Bonchev–Trinajstić information content (AvgIpc) is 2.74. The van der Waals surface area contributed by atoms with Crippen molar-refractivity contribution in [3.8, 4) is 5.88 Å². The van der Waals surface area contributed by atoms with Gasteiger partial charge in [0.1, 0.15) is 6.61 Å². The largest absolute Gasteiger partial charge is 0.475 e. The Labute approximate surface area is 180 Å². The molecule has 0 radical (unpaired) electrons. The summed E-state index contributed by atoms with van der Waals surface area (Å²) in [7, 11) is 0. The molecule has 0 unspecified atom stereocenters. The fourth-order valence-electron chi connectivity index (χ4n) is 3.49. The van der Waals surface area contributed by atoms with Crippen LogP contribution in [0, 0.1) is 6.92 Å². The average molecular weight is 427 g/mol. The second kappa shape index (κ2) is 8.44. The maximum absolute atomic E-state index is 13.3. The fourth-order valence-corrected chi connectivity index (χ4v) is 3.79. The molecule has 2 heterocycles. The van der Waals surface area contributed by atoms with E-state index in [2.05, 4.69) is 17.1 Å². The summed E-state index contributed by atoms with van der Waals surface area (Å²) >= 11 is 12.1. The van der Waals surface area contributed by atoms with Crippen LogP contribution in [0.4, 0.5) is 0 Å². The van der Waals surface area contributed by atoms with Crippen LogP contribution in [-0.4, -0.2) is 28.4 Å². The third-order valence-corrected chi connectivity index (χ3v) is 5.83. The molecule has 4 rings (SSSR count). The molecule has 0 aliphatic carbocycles. The van der Waals surface area contributed by atoms with E-state index in [9.17, 15) is 4.79 Å². The Morgan fingerprint density at radius 3 is 2.62 bits per heavy atom. The number of nitrogens with zero attached hydrogens (tertiary/aromatic N) is 2. The molecule has 1 atom stereocenters. The molecule has 0 bridgehead atoms. The van der Waals surface area contributed by atoms with E-state index in [-0.39, 0.29) is 11.9 Å². The minimum absolute atomic E-state index is 0.0939. The summed E-state index contributed by atoms with van der Waals surface area (Å²) in [5.74, 6) is 0.458. The van der Waals surface area contributed by atoms with Gasteiger partial charge in [-0.15, -0.1) is 0 Å². The van der Waals surface area contributed by atoms with Crippen LogP contribution in [0.5, 0.6) is 5.88 Å². The molecule has 1 amide bonds. The van der Waals surface area contributed by atoms with Crippen LogP contribution in [0.2, 0.25) is 10.0 Å². The maximum Gasteiger partial charge on any atom is 0.254 e. The number of hydrogen-bond donors (Lipinski definition) is 0. The lowest BCUT2D eigenvalue weighted by atomic mass is 9.93. The number of halogens is 2. The highest BCUT2D eigenvalue weighted by Gasteiger charge is 2.31. The monoisotopic (exact) mass is 426 g/mol. The lowest BCUT2D eigenvalue weighted by Crippen LogP contribution is -2.47. The number of rotatable bonds is 4. The Balaban J connectivity index is 1.59. The first-order valence-electron chi connectivity index (χ1n) is 9.39. The van der Waals surface area contributed by atoms with Crippen molar-refractivity contribution in [2.45, 2.75) is 25.9 Å². The van der Waals surface area contributed by atoms with Crippen molar-refractivity contribution >= 4 is 29.1 Å². The molecule has 0 saturated heterocycles. The summed E-state index contributed by atoms with van der Waals surface area (Å²) in [5, 5.41) is 0.795. The van der Waals surface area contributed by atoms with Crippen LogP contribution in [-0.2, 0) is 13.0 Å². The van der Waals surface area contributed by atoms with Gasteiger partial charge in [-0.3, -0.25) is 4.79 Å². The summed E-state index contributed by atoms with van der Waals surface area (Å²) in [6.07, 6.45) is 2.49. The number of benzene rings is 2. The van der Waals surface area contributed by atoms with Crippen LogP contribution >= 0.6 is 23.2 Å². The van der Waals surface area contributed by atoms with Gasteiger partial charge in [0.15, 0.2) is 0 Å². The quantitative estimate of drug-likeness (QED) is 0.564. The molecule has 0 spiro atoms. The Hall–Kier alpha value is -2.56. The summed E-state index contributed by atoms with van der Waals surface area (Å²) in [6.45, 7) is 2.86. The second-order valence-electron chi connectivity index (χ2n) is 7.17. The summed E-state index contributed by atoms with van der Waals surface area (Å²) < 4.78 is 5.92. The highest BCUT2D eigenvalue weighted by atomic mass is 35.5. The molecular formula is C23H20Cl2N2O2. The van der Waals surface area contributed by atoms with Crippen LogP contribution in [0.15, 0.2) is 60.8 Å². The van der Waals surface area contributed by atoms with E-state index in [4.69, 9.17) is 27.9 Å². The molecule has 1 aliphatic heterocycles. The van der Waals surface area contributed by atoms with E-state index >= 15 is 0 Å². The first kappa shape index (κ1) is 19.7. The number of hydrogen-bond acceptors (Lipinski definition) is 3. The van der Waals surface area contributed by atoms with Gasteiger partial charge in [-0.05, 0) is 48.2 Å². The van der Waals surface area contributed by atoms with E-state index in [0.29, 0.717) is 34.6 Å². The third-order valence-electron chi connectivity index (χ3n) is 5.09. The van der Waals surface area contributed by atoms with Gasteiger partial charge < -0.3 is 9.64 Å². The van der Waals surface area contributed by atoms with Crippen molar-refractivity contribution in [1.82, 2.24) is 9.88 Å². The minimum atomic E-state index is -0.116. The van der Waals surface area contributed by atoms with Crippen LogP contribution in [0.1, 0.15) is 27.0 Å². The minimum Gasteiger partial charge on any atom is -0.475 e. The van der Waals surface area contributed by atoms with E-state index in [0.717, 1.165) is 17.5 Å². The smallest absolute Gasteiger partial charge is 0.254 e. The van der Waals surface area contributed by atoms with Crippen molar-refractivity contribution in [3.05, 3.63) is 93.1 Å². The zero-order valence-electron chi connectivity index (χ0n) is 15.9. The summed E-state index contributed by atoms with van der Waals surface area (Å²) in [5.41, 5.74) is 3.96. The molecule has 0 saturated carbocycles. The number of carbonyl (C=O) groups excluding carboxylic acids is 1. The first-order chi connectivity index (χ1) is 14.0. The maximum atomic E-state index is 13.3. The molecule has 148 valence electrons. The zero-order valence-corrected chi connectivity index (χ0v) is 17.5. The lowest BCUT2D eigenvalue weighted by molar-refractivity contribution is 0.0562. The van der Waals surface area contributed by atoms with Gasteiger partial charge in [0.05, 0.1) is 16.1 Å². The number of carbonyl (C=O) groups is 1. The summed E-state index contributed by atoms with van der Waals surface area (Å²) in [4.78, 5) is 19.4. The number of aryl methyl sites for hydroxylation is 1. The Kier molecular flexibility index (Phi) is 5.74. The van der Waals surface area contributed by atoms with E-state index in [1.807, 2.05) is 36.1 Å². The van der Waals surface area contributed by atoms with Gasteiger partial charge >= 0.3 is 0 Å². The molecule has 29 heavy (non-hydrogen) atoms. The van der Waals surface area contributed by atoms with Gasteiger partial charge in [0.25, 0.3) is 5.91 Å². The van der Waals surface area contributed by atoms with Crippen molar-refractivity contribution < 1.29 is 9.53 Å². The van der Waals surface area contributed by atoms with Gasteiger partial charge in [-0.1, -0.05) is 53.5 Å². The van der Waals surface area contributed by atoms with E-state index in [1.54, 1.807) is 24.4 Å². The number of amides is 1. The molecule has 0 N–H and O–H groups in total. The number of ether oxygens (including phenoxy) is 1. The predicted molar refractivity (Wildman–Crippen MR) is 115 cm³/mol. The molecule has 1 aliphatic rings. The third kappa shape index (κ3) is 4.39. The number of pyridine rings is 1. The highest BCUT2D eigenvalue weighted by molar-refractivity contribution is 6.42. The standard InChI is InChI=1S/C23H20Cl2N2O2/c1-15-6-9-22(26-12-15)29-14-19-10-16-4-2-3-5-18(16)13-27(19)23(28)17-7-8-20(24)21(25)11-17/h2-9,11-12,19H,10,13-14H2,1H3/t19-/m0/s1. The second-order valence-corrected chi connectivity index (χ2v) is 7.99. The number of aromatic nitrogens is 1. The SMILES string of the molecule is Cc1ccc(OC[C@@H]2Cc3ccccc3CN2C(=O)c2ccc(Cl)c(Cl)c2)nc1. The van der Waals surface area contributed by atoms with Crippen molar-refractivity contribution in [2.24, 2.45) is 0 Å². The lowest BCUT2D eigenvalue weighted by Gasteiger charge is -2.36. The molecule has 1 aromatic heterocycles. The fraction of sp³-hybridized carbons (Fsp3) is 0.217.